The van der Waals surface area contributed by atoms with Gasteiger partial charge in [-0.15, -0.1) is 0 Å². The summed E-state index contributed by atoms with van der Waals surface area (Å²) in [4.78, 5) is 2.62. The van der Waals surface area contributed by atoms with Crippen molar-refractivity contribution in [2.45, 2.75) is 58.7 Å². The fraction of sp³-hybridized carbons (Fsp3) is 0.647. The molecule has 1 saturated carbocycles. The van der Waals surface area contributed by atoms with Crippen molar-refractivity contribution in [3.05, 3.63) is 35.4 Å². The molecule has 1 aromatic carbocycles. The topological polar surface area (TPSA) is 29.3 Å². The third kappa shape index (κ3) is 3.80. The van der Waals surface area contributed by atoms with Gasteiger partial charge in [-0.2, -0.15) is 0 Å². The Balaban J connectivity index is 2.07. The number of nitrogens with zero attached hydrogens (tertiary/aromatic N) is 1. The van der Waals surface area contributed by atoms with Crippen molar-refractivity contribution in [2.24, 2.45) is 11.7 Å². The molecular weight excluding hydrogens is 232 g/mol. The summed E-state index contributed by atoms with van der Waals surface area (Å²) in [5, 5.41) is 0. The summed E-state index contributed by atoms with van der Waals surface area (Å²) in [6.07, 6.45) is 2.69. The Bertz CT molecular complexity index is 392. The van der Waals surface area contributed by atoms with Gasteiger partial charge in [-0.05, 0) is 38.2 Å². The normalized spacial score (nSPS) is 18.9. The van der Waals surface area contributed by atoms with Gasteiger partial charge in [0.1, 0.15) is 0 Å². The van der Waals surface area contributed by atoms with Crippen molar-refractivity contribution < 1.29 is 0 Å². The van der Waals surface area contributed by atoms with E-state index in [1.165, 1.54) is 24.0 Å². The van der Waals surface area contributed by atoms with Crippen LogP contribution in [0.5, 0.6) is 0 Å². The lowest BCUT2D eigenvalue weighted by Crippen LogP contribution is -2.44. The van der Waals surface area contributed by atoms with Gasteiger partial charge in [-0.3, -0.25) is 4.90 Å². The predicted octanol–water partition coefficient (Wildman–Crippen LogP) is 3.50. The summed E-state index contributed by atoms with van der Waals surface area (Å²) in [7, 11) is 0. The monoisotopic (exact) mass is 260 g/mol. The van der Waals surface area contributed by atoms with Crippen molar-refractivity contribution in [3.8, 4) is 0 Å². The van der Waals surface area contributed by atoms with E-state index in [0.717, 1.165) is 12.6 Å². The molecule has 0 amide bonds. The molecule has 2 N–H and O–H groups in total. The van der Waals surface area contributed by atoms with Crippen LogP contribution in [0.3, 0.4) is 0 Å². The Labute approximate surface area is 118 Å². The van der Waals surface area contributed by atoms with Crippen LogP contribution in [0.2, 0.25) is 0 Å². The molecule has 0 radical (unpaired) electrons. The molecule has 1 aliphatic carbocycles. The van der Waals surface area contributed by atoms with Gasteiger partial charge in [0, 0.05) is 24.7 Å². The molecule has 2 atom stereocenters. The highest BCUT2D eigenvalue weighted by atomic mass is 15.2. The van der Waals surface area contributed by atoms with E-state index in [2.05, 4.69) is 56.9 Å². The maximum absolute atomic E-state index is 6.49. The third-order valence-electron chi connectivity index (χ3n) is 4.10. The number of benzene rings is 1. The highest BCUT2D eigenvalue weighted by molar-refractivity contribution is 5.25. The number of aryl methyl sites for hydroxylation is 1. The Morgan fingerprint density at radius 1 is 1.16 bits per heavy atom. The summed E-state index contributed by atoms with van der Waals surface area (Å²) in [6.45, 7) is 10.1. The second-order valence-corrected chi connectivity index (χ2v) is 6.50. The van der Waals surface area contributed by atoms with E-state index in [-0.39, 0.29) is 6.04 Å². The van der Waals surface area contributed by atoms with Gasteiger partial charge in [0.15, 0.2) is 0 Å². The maximum atomic E-state index is 6.49. The predicted molar refractivity (Wildman–Crippen MR) is 82.1 cm³/mol. The second kappa shape index (κ2) is 6.06. The van der Waals surface area contributed by atoms with Crippen LogP contribution in [0.1, 0.15) is 50.8 Å². The molecule has 0 aliphatic heterocycles. The minimum absolute atomic E-state index is 0.111. The van der Waals surface area contributed by atoms with Gasteiger partial charge >= 0.3 is 0 Å². The lowest BCUT2D eigenvalue weighted by Gasteiger charge is -2.34. The summed E-state index contributed by atoms with van der Waals surface area (Å²) < 4.78 is 0. The molecule has 2 rings (SSSR count). The molecule has 0 bridgehead atoms. The van der Waals surface area contributed by atoms with Crippen molar-refractivity contribution >= 4 is 0 Å². The Kier molecular flexibility index (Phi) is 4.64. The van der Waals surface area contributed by atoms with Crippen molar-refractivity contribution in [3.63, 3.8) is 0 Å². The van der Waals surface area contributed by atoms with Crippen LogP contribution < -0.4 is 5.73 Å². The first kappa shape index (κ1) is 14.5. The lowest BCUT2D eigenvalue weighted by atomic mass is 9.98. The first-order chi connectivity index (χ1) is 8.99. The van der Waals surface area contributed by atoms with Crippen LogP contribution in [0.25, 0.3) is 0 Å². The van der Waals surface area contributed by atoms with Crippen LogP contribution in [-0.2, 0) is 0 Å². The van der Waals surface area contributed by atoms with Crippen LogP contribution in [0.4, 0.5) is 0 Å². The molecule has 2 heteroatoms. The summed E-state index contributed by atoms with van der Waals surface area (Å²) >= 11 is 0. The molecule has 1 aliphatic rings. The second-order valence-electron chi connectivity index (χ2n) is 6.50. The number of nitrogens with two attached hydrogens (primary N) is 1. The first-order valence-electron chi connectivity index (χ1n) is 7.57. The molecule has 2 unspecified atom stereocenters. The molecule has 19 heavy (non-hydrogen) atoms. The minimum atomic E-state index is 0.111. The zero-order valence-electron chi connectivity index (χ0n) is 12.8. The van der Waals surface area contributed by atoms with Crippen LogP contribution in [0, 0.1) is 12.8 Å². The quantitative estimate of drug-likeness (QED) is 0.848. The zero-order valence-corrected chi connectivity index (χ0v) is 12.8. The molecule has 2 nitrogen and oxygen atoms in total. The number of hydrogen-bond donors (Lipinski definition) is 1. The number of hydrogen-bond acceptors (Lipinski definition) is 2. The van der Waals surface area contributed by atoms with E-state index < -0.39 is 0 Å². The van der Waals surface area contributed by atoms with Gasteiger partial charge in [-0.1, -0.05) is 43.7 Å². The smallest absolute Gasteiger partial charge is 0.0450 e. The van der Waals surface area contributed by atoms with Crippen molar-refractivity contribution in [2.75, 3.05) is 6.54 Å². The zero-order chi connectivity index (χ0) is 14.0. The minimum Gasteiger partial charge on any atom is -0.323 e. The van der Waals surface area contributed by atoms with E-state index in [0.29, 0.717) is 12.0 Å². The van der Waals surface area contributed by atoms with Gasteiger partial charge in [0.2, 0.25) is 0 Å². The van der Waals surface area contributed by atoms with Gasteiger partial charge in [0.25, 0.3) is 0 Å². The van der Waals surface area contributed by atoms with Crippen LogP contribution in [0.15, 0.2) is 24.3 Å². The molecule has 0 heterocycles. The molecule has 0 saturated heterocycles. The van der Waals surface area contributed by atoms with E-state index in [1.54, 1.807) is 0 Å². The summed E-state index contributed by atoms with van der Waals surface area (Å²) in [6, 6.07) is 9.97. The van der Waals surface area contributed by atoms with Gasteiger partial charge < -0.3 is 5.73 Å². The average molecular weight is 260 g/mol. The van der Waals surface area contributed by atoms with Crippen LogP contribution >= 0.6 is 0 Å². The highest BCUT2D eigenvalue weighted by Crippen LogP contribution is 2.32. The van der Waals surface area contributed by atoms with Gasteiger partial charge in [-0.25, -0.2) is 0 Å². The molecule has 1 fully saturated rings. The standard InChI is InChI=1S/C17H28N2/c1-12(2)11-19(16-9-10-16)14(4)17(18)15-7-5-13(3)6-8-15/h5-8,12,14,16-17H,9-11,18H2,1-4H3. The van der Waals surface area contributed by atoms with Crippen LogP contribution in [-0.4, -0.2) is 23.5 Å². The van der Waals surface area contributed by atoms with E-state index in [4.69, 9.17) is 5.73 Å². The maximum Gasteiger partial charge on any atom is 0.0450 e. The van der Waals surface area contributed by atoms with Crippen molar-refractivity contribution in [1.82, 2.24) is 4.90 Å². The SMILES string of the molecule is Cc1ccc(C(N)C(C)N(CC(C)C)C2CC2)cc1. The molecule has 106 valence electrons. The first-order valence-corrected chi connectivity index (χ1v) is 7.57. The molecule has 1 aromatic rings. The fourth-order valence-electron chi connectivity index (χ4n) is 2.75. The molecule has 0 spiro atoms. The fourth-order valence-corrected chi connectivity index (χ4v) is 2.75. The third-order valence-corrected chi connectivity index (χ3v) is 4.10. The van der Waals surface area contributed by atoms with E-state index >= 15 is 0 Å². The summed E-state index contributed by atoms with van der Waals surface area (Å²) in [5.41, 5.74) is 9.04. The van der Waals surface area contributed by atoms with E-state index in [1.807, 2.05) is 0 Å². The Morgan fingerprint density at radius 2 is 1.74 bits per heavy atom. The van der Waals surface area contributed by atoms with Gasteiger partial charge in [0.05, 0.1) is 0 Å². The Hall–Kier alpha value is -0.860. The van der Waals surface area contributed by atoms with E-state index in [9.17, 15) is 0 Å². The highest BCUT2D eigenvalue weighted by Gasteiger charge is 2.34. The molecule has 0 aromatic heterocycles. The van der Waals surface area contributed by atoms with Crippen molar-refractivity contribution in [1.29, 1.82) is 0 Å². The summed E-state index contributed by atoms with van der Waals surface area (Å²) in [5.74, 6) is 0.702. The molecular formula is C17H28N2. The Morgan fingerprint density at radius 3 is 2.21 bits per heavy atom. The average Bonchev–Trinajstić information content (AvgIpc) is 3.19. The largest absolute Gasteiger partial charge is 0.323 e. The lowest BCUT2D eigenvalue weighted by molar-refractivity contribution is 0.155. The number of rotatable bonds is 6.